The highest BCUT2D eigenvalue weighted by Crippen LogP contribution is 2.34. The van der Waals surface area contributed by atoms with E-state index in [1.54, 1.807) is 18.2 Å². The number of aryl methyl sites for hydroxylation is 1. The van der Waals surface area contributed by atoms with Crippen LogP contribution in [0.5, 0.6) is 5.75 Å². The largest absolute Gasteiger partial charge is 0.482 e. The maximum atomic E-state index is 13.4. The normalized spacial score (nSPS) is 15.4. The Bertz CT molecular complexity index is 1880. The van der Waals surface area contributed by atoms with E-state index in [2.05, 4.69) is 51.6 Å². The molecule has 6 N–H and O–H groups in total. The number of rotatable bonds is 6. The minimum atomic E-state index is -0.528. The molecule has 0 saturated carbocycles. The van der Waals surface area contributed by atoms with Gasteiger partial charge < -0.3 is 26.4 Å². The van der Waals surface area contributed by atoms with Crippen molar-refractivity contribution in [3.63, 3.8) is 0 Å². The van der Waals surface area contributed by atoms with E-state index in [1.807, 2.05) is 18.2 Å². The van der Waals surface area contributed by atoms with Crippen LogP contribution in [0.15, 0.2) is 42.5 Å². The summed E-state index contributed by atoms with van der Waals surface area (Å²) < 4.78 is 6.56. The van der Waals surface area contributed by atoms with Crippen molar-refractivity contribution in [1.82, 2.24) is 50.8 Å². The number of carbonyl (C=O) groups is 3. The summed E-state index contributed by atoms with van der Waals surface area (Å²) in [5.74, 6) is -0.303. The number of fused-ring (bicyclic) bond motifs is 3. The van der Waals surface area contributed by atoms with Crippen molar-refractivity contribution in [3.8, 4) is 17.1 Å². The van der Waals surface area contributed by atoms with Crippen LogP contribution in [-0.2, 0) is 17.8 Å². The Morgan fingerprint density at radius 2 is 2.02 bits per heavy atom. The number of hydrogen-bond acceptors (Lipinski definition) is 11. The Morgan fingerprint density at radius 3 is 2.88 bits per heavy atom. The molecular formula is C26H22N12O4. The molecule has 0 spiro atoms. The standard InChI is InChI=1S/C26H22N12O4/c27-25-32-26-31-18(23(40)30-16-5-3-13-8-14(2-4-15(13)16)22-33-36-37-34-22)9-19(38(26)35-25)24(41)28-10-12-1-6-20-17(7-12)29-21(39)11-42-20/h1-2,4,6-9,16H,3,5,10-11H2,(H2,27,35)(H,28,41)(H,29,39)(H,30,40)(H,33,34,36,37)/t16-/m0/s1. The predicted octanol–water partition coefficient (Wildman–Crippen LogP) is 0.565. The molecule has 0 saturated heterocycles. The fraction of sp³-hybridized carbons (Fsp3) is 0.192. The number of aromatic nitrogens is 8. The number of anilines is 2. The quantitative estimate of drug-likeness (QED) is 0.191. The highest BCUT2D eigenvalue weighted by molar-refractivity contribution is 5.98. The molecule has 7 rings (SSSR count). The first-order chi connectivity index (χ1) is 20.4. The Balaban J connectivity index is 1.10. The molecule has 5 aromatic rings. The Hall–Kier alpha value is -5.93. The molecule has 4 heterocycles. The zero-order valence-corrected chi connectivity index (χ0v) is 21.8. The van der Waals surface area contributed by atoms with E-state index in [4.69, 9.17) is 10.5 Å². The smallest absolute Gasteiger partial charge is 0.270 e. The molecule has 3 amide bonds. The fourth-order valence-electron chi connectivity index (χ4n) is 5.10. The maximum Gasteiger partial charge on any atom is 0.270 e. The third kappa shape index (κ3) is 4.59. The van der Waals surface area contributed by atoms with Crippen molar-refractivity contribution in [3.05, 3.63) is 70.5 Å². The maximum absolute atomic E-state index is 13.4. The number of ether oxygens (including phenoxy) is 1. The lowest BCUT2D eigenvalue weighted by Crippen LogP contribution is -2.30. The van der Waals surface area contributed by atoms with Crippen molar-refractivity contribution >= 4 is 35.1 Å². The van der Waals surface area contributed by atoms with E-state index in [9.17, 15) is 14.4 Å². The second kappa shape index (κ2) is 9.92. The van der Waals surface area contributed by atoms with Crippen LogP contribution in [-0.4, -0.2) is 64.5 Å². The van der Waals surface area contributed by atoms with Crippen LogP contribution in [0.2, 0.25) is 0 Å². The summed E-state index contributed by atoms with van der Waals surface area (Å²) >= 11 is 0. The molecule has 2 aromatic carbocycles. The molecule has 0 fully saturated rings. The minimum Gasteiger partial charge on any atom is -0.482 e. The van der Waals surface area contributed by atoms with Gasteiger partial charge in [-0.15, -0.1) is 15.3 Å². The summed E-state index contributed by atoms with van der Waals surface area (Å²) in [4.78, 5) is 46.6. The molecule has 16 heteroatoms. The summed E-state index contributed by atoms with van der Waals surface area (Å²) in [5, 5.41) is 26.7. The van der Waals surface area contributed by atoms with Gasteiger partial charge >= 0.3 is 0 Å². The van der Waals surface area contributed by atoms with Gasteiger partial charge in [-0.3, -0.25) is 14.4 Å². The van der Waals surface area contributed by atoms with E-state index in [1.165, 1.54) is 10.6 Å². The van der Waals surface area contributed by atoms with Crippen molar-refractivity contribution in [1.29, 1.82) is 0 Å². The first-order valence-electron chi connectivity index (χ1n) is 13.0. The molecule has 3 aromatic heterocycles. The van der Waals surface area contributed by atoms with Crippen LogP contribution in [0.1, 0.15) is 50.1 Å². The number of nitrogen functional groups attached to an aromatic ring is 1. The van der Waals surface area contributed by atoms with E-state index in [0.29, 0.717) is 23.7 Å². The monoisotopic (exact) mass is 566 g/mol. The predicted molar refractivity (Wildman–Crippen MR) is 145 cm³/mol. The number of nitrogens with zero attached hydrogens (tertiary/aromatic N) is 7. The number of carbonyl (C=O) groups excluding carboxylic acids is 3. The molecule has 1 aliphatic carbocycles. The van der Waals surface area contributed by atoms with Gasteiger partial charge in [0, 0.05) is 18.2 Å². The van der Waals surface area contributed by atoms with Crippen molar-refractivity contribution in [2.24, 2.45) is 0 Å². The second-order valence-corrected chi connectivity index (χ2v) is 9.77. The van der Waals surface area contributed by atoms with Crippen LogP contribution in [0.3, 0.4) is 0 Å². The molecule has 2 aliphatic rings. The lowest BCUT2D eigenvalue weighted by Gasteiger charge is -2.18. The Morgan fingerprint density at radius 1 is 1.12 bits per heavy atom. The van der Waals surface area contributed by atoms with Crippen molar-refractivity contribution in [2.75, 3.05) is 17.7 Å². The average molecular weight is 567 g/mol. The van der Waals surface area contributed by atoms with Gasteiger partial charge in [0.2, 0.25) is 11.8 Å². The lowest BCUT2D eigenvalue weighted by atomic mass is 10.0. The van der Waals surface area contributed by atoms with E-state index in [0.717, 1.165) is 28.7 Å². The lowest BCUT2D eigenvalue weighted by molar-refractivity contribution is -0.118. The van der Waals surface area contributed by atoms with Crippen LogP contribution in [0, 0.1) is 0 Å². The molecule has 42 heavy (non-hydrogen) atoms. The third-order valence-corrected chi connectivity index (χ3v) is 7.05. The first kappa shape index (κ1) is 25.1. The topological polar surface area (TPSA) is 220 Å². The van der Waals surface area contributed by atoms with Gasteiger partial charge in [-0.1, -0.05) is 18.2 Å². The van der Waals surface area contributed by atoms with Crippen LogP contribution in [0.4, 0.5) is 11.6 Å². The first-order valence-corrected chi connectivity index (χ1v) is 13.0. The fourth-order valence-corrected chi connectivity index (χ4v) is 5.10. The highest BCUT2D eigenvalue weighted by atomic mass is 16.5. The average Bonchev–Trinajstić information content (AvgIpc) is 3.75. The molecule has 0 unspecified atom stereocenters. The summed E-state index contributed by atoms with van der Waals surface area (Å²) in [5.41, 5.74) is 9.92. The van der Waals surface area contributed by atoms with Gasteiger partial charge in [0.1, 0.15) is 17.1 Å². The molecule has 0 bridgehead atoms. The molecular weight excluding hydrogens is 544 g/mol. The van der Waals surface area contributed by atoms with Gasteiger partial charge in [0.25, 0.3) is 23.5 Å². The summed E-state index contributed by atoms with van der Waals surface area (Å²) in [6.45, 7) is 0.0794. The number of nitrogens with one attached hydrogen (secondary N) is 4. The number of nitrogens with two attached hydrogens (primary N) is 1. The Labute approximate surface area is 236 Å². The van der Waals surface area contributed by atoms with Gasteiger partial charge in [0.05, 0.1) is 11.7 Å². The van der Waals surface area contributed by atoms with Crippen LogP contribution in [0.25, 0.3) is 17.2 Å². The molecule has 1 aliphatic heterocycles. The highest BCUT2D eigenvalue weighted by Gasteiger charge is 2.27. The number of aromatic amines is 1. The van der Waals surface area contributed by atoms with Crippen LogP contribution < -0.4 is 26.4 Å². The van der Waals surface area contributed by atoms with Crippen molar-refractivity contribution < 1.29 is 19.1 Å². The zero-order chi connectivity index (χ0) is 28.8. The Kier molecular flexibility index (Phi) is 5.92. The van der Waals surface area contributed by atoms with Crippen LogP contribution >= 0.6 is 0 Å². The summed E-state index contributed by atoms with van der Waals surface area (Å²) in [7, 11) is 0. The number of H-pyrrole nitrogens is 1. The van der Waals surface area contributed by atoms with Crippen molar-refractivity contribution in [2.45, 2.75) is 25.4 Å². The summed E-state index contributed by atoms with van der Waals surface area (Å²) in [6.07, 6.45) is 1.45. The van der Waals surface area contributed by atoms with E-state index < -0.39 is 11.8 Å². The molecule has 210 valence electrons. The van der Waals surface area contributed by atoms with Gasteiger partial charge in [0.15, 0.2) is 6.61 Å². The number of amides is 3. The third-order valence-electron chi connectivity index (χ3n) is 7.05. The minimum absolute atomic E-state index is 0.00874. The molecule has 1 atom stereocenters. The van der Waals surface area contributed by atoms with Gasteiger partial charge in [-0.2, -0.15) is 14.7 Å². The van der Waals surface area contributed by atoms with E-state index >= 15 is 0 Å². The molecule has 16 nitrogen and oxygen atoms in total. The van der Waals surface area contributed by atoms with Gasteiger partial charge in [-0.25, -0.2) is 4.98 Å². The van der Waals surface area contributed by atoms with Gasteiger partial charge in [-0.05, 0) is 52.9 Å². The number of benzene rings is 2. The molecule has 0 radical (unpaired) electrons. The number of hydrogen-bond donors (Lipinski definition) is 5. The summed E-state index contributed by atoms with van der Waals surface area (Å²) in [6, 6.07) is 12.1. The number of tetrazole rings is 1. The second-order valence-electron chi connectivity index (χ2n) is 9.77. The SMILES string of the molecule is Nc1nc2nc(C(=O)N[C@H]3CCc4cc(-c5nn[nH]n5)ccc43)cc(C(=O)NCc3ccc4c(c3)NC(=O)CO4)n2n1. The zero-order valence-electron chi connectivity index (χ0n) is 21.8. The van der Waals surface area contributed by atoms with E-state index in [-0.39, 0.29) is 48.2 Å².